The molecule has 0 aliphatic rings. The second-order valence-corrected chi connectivity index (χ2v) is 5.27. The fraction of sp³-hybridized carbons (Fsp3) is 0.105. The maximum atomic E-state index is 12.8. The van der Waals surface area contributed by atoms with Crippen molar-refractivity contribution in [2.24, 2.45) is 0 Å². The molecule has 2 aromatic carbocycles. The highest BCUT2D eigenvalue weighted by Crippen LogP contribution is 2.28. The molecule has 2 rings (SSSR count). The molecule has 0 aromatic heterocycles. The average molecular weight is 363 g/mol. The molecule has 0 fully saturated rings. The molecule has 0 N–H and O–H groups in total. The van der Waals surface area contributed by atoms with Crippen molar-refractivity contribution in [2.75, 3.05) is 14.2 Å². The highest BCUT2D eigenvalue weighted by molar-refractivity contribution is 6.49. The number of halogens is 2. The Kier molecular flexibility index (Phi) is 6.47. The van der Waals surface area contributed by atoms with Gasteiger partial charge in [-0.05, 0) is 35.4 Å². The number of hydrogen-bond donors (Lipinski definition) is 0. The van der Waals surface area contributed by atoms with Gasteiger partial charge in [-0.3, -0.25) is 4.79 Å². The van der Waals surface area contributed by atoms with E-state index in [4.69, 9.17) is 32.7 Å². The first kappa shape index (κ1) is 18.1. The fourth-order valence-electron chi connectivity index (χ4n) is 2.17. The van der Waals surface area contributed by atoms with Crippen LogP contribution in [0.2, 0.25) is 0 Å². The Morgan fingerprint density at radius 2 is 1.08 bits per heavy atom. The zero-order valence-corrected chi connectivity index (χ0v) is 14.8. The SMILES string of the molecule is COc1ccc(C(=CCl)C(=O)C(=CCl)c2ccc(OC)cc2)cc1. The van der Waals surface area contributed by atoms with Crippen LogP contribution in [-0.4, -0.2) is 20.0 Å². The van der Waals surface area contributed by atoms with Gasteiger partial charge in [-0.1, -0.05) is 47.5 Å². The normalized spacial score (nSPS) is 12.0. The molecular formula is C19H16Cl2O3. The van der Waals surface area contributed by atoms with Crippen molar-refractivity contribution in [1.82, 2.24) is 0 Å². The molecule has 0 unspecified atom stereocenters. The van der Waals surface area contributed by atoms with Gasteiger partial charge in [0, 0.05) is 22.2 Å². The van der Waals surface area contributed by atoms with Crippen molar-refractivity contribution < 1.29 is 14.3 Å². The summed E-state index contributed by atoms with van der Waals surface area (Å²) in [6.45, 7) is 0. The van der Waals surface area contributed by atoms with E-state index in [-0.39, 0.29) is 5.78 Å². The van der Waals surface area contributed by atoms with Crippen molar-refractivity contribution in [2.45, 2.75) is 0 Å². The number of hydrogen-bond acceptors (Lipinski definition) is 3. The number of rotatable bonds is 6. The summed E-state index contributed by atoms with van der Waals surface area (Å²) in [5.74, 6) is 1.13. The summed E-state index contributed by atoms with van der Waals surface area (Å²) in [6.07, 6.45) is 0. The predicted octanol–water partition coefficient (Wildman–Crippen LogP) is 5.13. The van der Waals surface area contributed by atoms with Gasteiger partial charge in [-0.15, -0.1) is 0 Å². The van der Waals surface area contributed by atoms with E-state index in [2.05, 4.69) is 0 Å². The molecule has 0 radical (unpaired) electrons. The average Bonchev–Trinajstić information content (AvgIpc) is 2.64. The largest absolute Gasteiger partial charge is 0.497 e. The summed E-state index contributed by atoms with van der Waals surface area (Å²) in [5, 5.41) is 0. The molecule has 2 aromatic rings. The number of Topliss-reactive ketones (excluding diaryl/α,β-unsaturated/α-hetero) is 1. The Morgan fingerprint density at radius 3 is 1.33 bits per heavy atom. The van der Waals surface area contributed by atoms with Crippen molar-refractivity contribution in [1.29, 1.82) is 0 Å². The van der Waals surface area contributed by atoms with Crippen molar-refractivity contribution in [3.05, 3.63) is 70.7 Å². The maximum Gasteiger partial charge on any atom is 0.195 e. The minimum absolute atomic E-state index is 0.268. The molecule has 0 aliphatic carbocycles. The third-order valence-electron chi connectivity index (χ3n) is 3.51. The molecule has 0 bridgehead atoms. The van der Waals surface area contributed by atoms with Gasteiger partial charge in [-0.25, -0.2) is 0 Å². The number of benzene rings is 2. The number of allylic oxidation sites excluding steroid dienone is 2. The van der Waals surface area contributed by atoms with Crippen LogP contribution in [0, 0.1) is 0 Å². The van der Waals surface area contributed by atoms with Crippen LogP contribution < -0.4 is 9.47 Å². The molecule has 0 atom stereocenters. The van der Waals surface area contributed by atoms with Crippen LogP contribution in [0.4, 0.5) is 0 Å². The van der Waals surface area contributed by atoms with E-state index >= 15 is 0 Å². The van der Waals surface area contributed by atoms with Crippen LogP contribution in [0.3, 0.4) is 0 Å². The summed E-state index contributed by atoms with van der Waals surface area (Å²) < 4.78 is 10.2. The van der Waals surface area contributed by atoms with Gasteiger partial charge in [0.1, 0.15) is 11.5 Å². The van der Waals surface area contributed by atoms with Gasteiger partial charge in [-0.2, -0.15) is 0 Å². The Hall–Kier alpha value is -2.23. The third-order valence-corrected chi connectivity index (χ3v) is 3.95. The smallest absolute Gasteiger partial charge is 0.195 e. The zero-order valence-electron chi connectivity index (χ0n) is 13.3. The third kappa shape index (κ3) is 3.99. The lowest BCUT2D eigenvalue weighted by atomic mass is 9.94. The maximum absolute atomic E-state index is 12.8. The first-order valence-electron chi connectivity index (χ1n) is 7.09. The van der Waals surface area contributed by atoms with Crippen LogP contribution in [0.15, 0.2) is 59.6 Å². The number of ether oxygens (including phenoxy) is 2. The van der Waals surface area contributed by atoms with Gasteiger partial charge in [0.2, 0.25) is 0 Å². The van der Waals surface area contributed by atoms with E-state index in [0.29, 0.717) is 33.8 Å². The number of carbonyl (C=O) groups excluding carboxylic acids is 1. The minimum Gasteiger partial charge on any atom is -0.497 e. The summed E-state index contributed by atoms with van der Waals surface area (Å²) in [5.41, 5.74) is 4.58. The second-order valence-electron chi connectivity index (χ2n) is 4.83. The van der Waals surface area contributed by atoms with Crippen molar-refractivity contribution in [3.63, 3.8) is 0 Å². The van der Waals surface area contributed by atoms with E-state index in [9.17, 15) is 4.79 Å². The van der Waals surface area contributed by atoms with Crippen LogP contribution in [0.5, 0.6) is 11.5 Å². The Labute approximate surface area is 151 Å². The zero-order chi connectivity index (χ0) is 17.5. The molecule has 0 aliphatic heterocycles. The van der Waals surface area contributed by atoms with Gasteiger partial charge in [0.05, 0.1) is 14.2 Å². The summed E-state index contributed by atoms with van der Waals surface area (Å²) in [4.78, 5) is 12.8. The number of methoxy groups -OCH3 is 2. The topological polar surface area (TPSA) is 35.5 Å². The quantitative estimate of drug-likeness (QED) is 0.668. The highest BCUT2D eigenvalue weighted by atomic mass is 35.5. The molecule has 124 valence electrons. The lowest BCUT2D eigenvalue weighted by molar-refractivity contribution is -0.108. The van der Waals surface area contributed by atoms with E-state index in [1.54, 1.807) is 62.8 Å². The molecule has 5 heteroatoms. The van der Waals surface area contributed by atoms with E-state index < -0.39 is 0 Å². The Bertz CT molecular complexity index is 695. The summed E-state index contributed by atoms with van der Waals surface area (Å²) >= 11 is 11.8. The van der Waals surface area contributed by atoms with E-state index in [1.807, 2.05) is 0 Å². The Balaban J connectivity index is 2.34. The summed E-state index contributed by atoms with van der Waals surface area (Å²) in [7, 11) is 3.16. The van der Waals surface area contributed by atoms with Crippen molar-refractivity contribution >= 4 is 40.1 Å². The molecule has 24 heavy (non-hydrogen) atoms. The summed E-state index contributed by atoms with van der Waals surface area (Å²) in [6, 6.07) is 14.1. The molecule has 3 nitrogen and oxygen atoms in total. The van der Waals surface area contributed by atoms with Crippen LogP contribution in [-0.2, 0) is 4.79 Å². The van der Waals surface area contributed by atoms with Crippen LogP contribution in [0.1, 0.15) is 11.1 Å². The first-order chi connectivity index (χ1) is 11.6. The molecule has 0 amide bonds. The molecule has 0 heterocycles. The Morgan fingerprint density at radius 1 is 0.750 bits per heavy atom. The van der Waals surface area contributed by atoms with E-state index in [0.717, 1.165) is 0 Å². The number of ketones is 1. The van der Waals surface area contributed by atoms with Crippen molar-refractivity contribution in [3.8, 4) is 11.5 Å². The van der Waals surface area contributed by atoms with Crippen LogP contribution >= 0.6 is 23.2 Å². The van der Waals surface area contributed by atoms with Crippen LogP contribution in [0.25, 0.3) is 11.1 Å². The lowest BCUT2D eigenvalue weighted by Gasteiger charge is -2.10. The monoisotopic (exact) mass is 362 g/mol. The second kappa shape index (κ2) is 8.57. The standard InChI is InChI=1S/C19H16Cl2O3/c1-23-15-7-3-13(4-8-15)17(11-20)19(22)18(12-21)14-5-9-16(24-2)10-6-14/h3-12H,1-2H3. The highest BCUT2D eigenvalue weighted by Gasteiger charge is 2.18. The predicted molar refractivity (Wildman–Crippen MR) is 98.7 cm³/mol. The van der Waals surface area contributed by atoms with Gasteiger partial charge >= 0.3 is 0 Å². The fourth-order valence-corrected chi connectivity index (χ4v) is 2.62. The molecule has 0 saturated carbocycles. The molecular weight excluding hydrogens is 347 g/mol. The van der Waals surface area contributed by atoms with Gasteiger partial charge in [0.15, 0.2) is 5.78 Å². The first-order valence-corrected chi connectivity index (χ1v) is 7.96. The molecule has 0 saturated heterocycles. The van der Waals surface area contributed by atoms with E-state index in [1.165, 1.54) is 11.1 Å². The molecule has 0 spiro atoms. The lowest BCUT2D eigenvalue weighted by Crippen LogP contribution is -2.05. The number of carbonyl (C=O) groups is 1. The van der Waals surface area contributed by atoms with Gasteiger partial charge in [0.25, 0.3) is 0 Å². The minimum atomic E-state index is -0.268. The van der Waals surface area contributed by atoms with Gasteiger partial charge < -0.3 is 9.47 Å².